The summed E-state index contributed by atoms with van der Waals surface area (Å²) in [7, 11) is 0. The maximum absolute atomic E-state index is 2.31. The third kappa shape index (κ3) is 9.74. The lowest BCUT2D eigenvalue weighted by molar-refractivity contribution is 0.528. The fourth-order valence-corrected chi connectivity index (χ4v) is 1.28. The van der Waals surface area contributed by atoms with Crippen LogP contribution >= 0.6 is 0 Å². The first-order valence-corrected chi connectivity index (χ1v) is 5.42. The third-order valence-corrected chi connectivity index (χ3v) is 2.05. The van der Waals surface area contributed by atoms with Gasteiger partial charge in [-0.1, -0.05) is 52.2 Å². The van der Waals surface area contributed by atoms with Crippen molar-refractivity contribution in [2.24, 2.45) is 5.92 Å². The summed E-state index contributed by atoms with van der Waals surface area (Å²) >= 11 is 0. The molecule has 0 nitrogen and oxygen atoms in total. The summed E-state index contributed by atoms with van der Waals surface area (Å²) in [6.45, 7) is 6.79. The van der Waals surface area contributed by atoms with Crippen molar-refractivity contribution < 1.29 is 0 Å². The van der Waals surface area contributed by atoms with E-state index in [0.717, 1.165) is 5.92 Å². The van der Waals surface area contributed by atoms with E-state index in [0.29, 0.717) is 0 Å². The van der Waals surface area contributed by atoms with Crippen LogP contribution in [0.4, 0.5) is 0 Å². The Balaban J connectivity index is 2.96. The first-order valence-electron chi connectivity index (χ1n) is 5.42. The van der Waals surface area contributed by atoms with E-state index in [1.54, 1.807) is 0 Å². The van der Waals surface area contributed by atoms with Crippen molar-refractivity contribution in [1.82, 2.24) is 0 Å². The molecule has 12 heavy (non-hydrogen) atoms. The predicted molar refractivity (Wildman–Crippen MR) is 57.4 cm³/mol. The van der Waals surface area contributed by atoms with Crippen LogP contribution in [0.1, 0.15) is 59.3 Å². The predicted octanol–water partition coefficient (Wildman–Crippen LogP) is 4.56. The van der Waals surface area contributed by atoms with Gasteiger partial charge in [0.2, 0.25) is 0 Å². The van der Waals surface area contributed by atoms with Crippen LogP contribution in [0.15, 0.2) is 12.2 Å². The first-order chi connectivity index (χ1) is 5.77. The average Bonchev–Trinajstić information content (AvgIpc) is 2.02. The monoisotopic (exact) mass is 168 g/mol. The van der Waals surface area contributed by atoms with Crippen LogP contribution in [0.25, 0.3) is 0 Å². The van der Waals surface area contributed by atoms with Crippen molar-refractivity contribution in [3.8, 4) is 0 Å². The van der Waals surface area contributed by atoms with Crippen molar-refractivity contribution in [3.63, 3.8) is 0 Å². The summed E-state index contributed by atoms with van der Waals surface area (Å²) in [5, 5.41) is 0. The molecule has 0 saturated heterocycles. The molecule has 0 radical (unpaired) electrons. The first kappa shape index (κ1) is 11.7. The zero-order valence-corrected chi connectivity index (χ0v) is 8.97. The summed E-state index contributed by atoms with van der Waals surface area (Å²) in [5.74, 6) is 0.885. The normalized spacial score (nSPS) is 11.7. The number of hydrogen-bond acceptors (Lipinski definition) is 0. The Bertz CT molecular complexity index is 101. The summed E-state index contributed by atoms with van der Waals surface area (Å²) in [5.41, 5.74) is 0. The Hall–Kier alpha value is -0.260. The molecule has 0 aromatic heterocycles. The molecule has 0 bridgehead atoms. The van der Waals surface area contributed by atoms with E-state index in [2.05, 4.69) is 32.9 Å². The summed E-state index contributed by atoms with van der Waals surface area (Å²) in [4.78, 5) is 0. The molecule has 72 valence electrons. The van der Waals surface area contributed by atoms with Crippen LogP contribution in [0, 0.1) is 5.92 Å². The second-order valence-electron chi connectivity index (χ2n) is 3.91. The third-order valence-electron chi connectivity index (χ3n) is 2.05. The van der Waals surface area contributed by atoms with E-state index < -0.39 is 0 Å². The van der Waals surface area contributed by atoms with Gasteiger partial charge in [-0.15, -0.1) is 0 Å². The maximum Gasteiger partial charge on any atom is -0.0351 e. The average molecular weight is 168 g/mol. The van der Waals surface area contributed by atoms with Crippen LogP contribution in [0.2, 0.25) is 0 Å². The van der Waals surface area contributed by atoms with Crippen molar-refractivity contribution in [3.05, 3.63) is 12.2 Å². The smallest absolute Gasteiger partial charge is 0.0351 e. The SMILES string of the molecule is CCC=CCCCCCC(C)C. The van der Waals surface area contributed by atoms with E-state index in [4.69, 9.17) is 0 Å². The van der Waals surface area contributed by atoms with Gasteiger partial charge in [-0.3, -0.25) is 0 Å². The van der Waals surface area contributed by atoms with Crippen LogP contribution < -0.4 is 0 Å². The molecule has 0 heteroatoms. The van der Waals surface area contributed by atoms with Crippen LogP contribution in [0.3, 0.4) is 0 Å². The number of unbranched alkanes of at least 4 members (excludes halogenated alkanes) is 3. The van der Waals surface area contributed by atoms with Gasteiger partial charge in [0.1, 0.15) is 0 Å². The highest BCUT2D eigenvalue weighted by Gasteiger charge is 1.92. The molecule has 0 saturated carbocycles. The molecule has 0 aromatic rings. The zero-order chi connectivity index (χ0) is 9.23. The highest BCUT2D eigenvalue weighted by atomic mass is 14.0. The van der Waals surface area contributed by atoms with Crippen molar-refractivity contribution >= 4 is 0 Å². The zero-order valence-electron chi connectivity index (χ0n) is 8.97. The quantitative estimate of drug-likeness (QED) is 0.386. The summed E-state index contributed by atoms with van der Waals surface area (Å²) < 4.78 is 0. The molecule has 0 heterocycles. The maximum atomic E-state index is 2.31. The van der Waals surface area contributed by atoms with E-state index in [1.807, 2.05) is 0 Å². The molecular weight excluding hydrogens is 144 g/mol. The van der Waals surface area contributed by atoms with Crippen LogP contribution in [-0.2, 0) is 0 Å². The lowest BCUT2D eigenvalue weighted by Crippen LogP contribution is -1.86. The molecule has 0 fully saturated rings. The van der Waals surface area contributed by atoms with Crippen molar-refractivity contribution in [1.29, 1.82) is 0 Å². The van der Waals surface area contributed by atoms with E-state index in [-0.39, 0.29) is 0 Å². The van der Waals surface area contributed by atoms with Gasteiger partial charge in [0.15, 0.2) is 0 Å². The minimum Gasteiger partial charge on any atom is -0.0888 e. The van der Waals surface area contributed by atoms with E-state index in [9.17, 15) is 0 Å². The fraction of sp³-hybridized carbons (Fsp3) is 0.833. The van der Waals surface area contributed by atoms with Gasteiger partial charge in [0, 0.05) is 0 Å². The summed E-state index contributed by atoms with van der Waals surface area (Å²) in [6, 6.07) is 0. The van der Waals surface area contributed by atoms with Gasteiger partial charge >= 0.3 is 0 Å². The lowest BCUT2D eigenvalue weighted by atomic mass is 10.0. The Morgan fingerprint density at radius 3 is 2.33 bits per heavy atom. The molecule has 0 atom stereocenters. The van der Waals surface area contributed by atoms with E-state index >= 15 is 0 Å². The number of hydrogen-bond donors (Lipinski definition) is 0. The van der Waals surface area contributed by atoms with Gasteiger partial charge in [-0.25, -0.2) is 0 Å². The minimum absolute atomic E-state index is 0.885. The molecule has 0 N–H and O–H groups in total. The molecule has 0 aromatic carbocycles. The van der Waals surface area contributed by atoms with Gasteiger partial charge in [0.25, 0.3) is 0 Å². The van der Waals surface area contributed by atoms with Gasteiger partial charge in [-0.05, 0) is 25.2 Å². The highest BCUT2D eigenvalue weighted by Crippen LogP contribution is 2.09. The molecule has 0 aliphatic heterocycles. The van der Waals surface area contributed by atoms with Gasteiger partial charge in [-0.2, -0.15) is 0 Å². The topological polar surface area (TPSA) is 0 Å². The fourth-order valence-electron chi connectivity index (χ4n) is 1.28. The van der Waals surface area contributed by atoms with Crippen LogP contribution in [-0.4, -0.2) is 0 Å². The molecule has 0 unspecified atom stereocenters. The molecule has 0 aliphatic carbocycles. The largest absolute Gasteiger partial charge is 0.0888 e. The standard InChI is InChI=1S/C12H24/c1-4-5-6-7-8-9-10-11-12(2)3/h5-6,12H,4,7-11H2,1-3H3. The molecule has 0 aliphatic rings. The molecule has 0 amide bonds. The Labute approximate surface area is 78.1 Å². The minimum atomic E-state index is 0.885. The van der Waals surface area contributed by atoms with Gasteiger partial charge in [0.05, 0.1) is 0 Å². The number of rotatable bonds is 7. The second kappa shape index (κ2) is 8.83. The molecular formula is C12H24. The Morgan fingerprint density at radius 1 is 1.00 bits per heavy atom. The highest BCUT2D eigenvalue weighted by molar-refractivity contribution is 4.79. The van der Waals surface area contributed by atoms with Crippen molar-refractivity contribution in [2.75, 3.05) is 0 Å². The molecule has 0 rings (SSSR count). The van der Waals surface area contributed by atoms with Crippen molar-refractivity contribution in [2.45, 2.75) is 59.3 Å². The van der Waals surface area contributed by atoms with Gasteiger partial charge < -0.3 is 0 Å². The Kier molecular flexibility index (Phi) is 8.64. The second-order valence-corrected chi connectivity index (χ2v) is 3.91. The summed E-state index contributed by atoms with van der Waals surface area (Å²) in [6.07, 6.45) is 12.7. The van der Waals surface area contributed by atoms with E-state index in [1.165, 1.54) is 38.5 Å². The molecule has 0 spiro atoms. The Morgan fingerprint density at radius 2 is 1.75 bits per heavy atom. The van der Waals surface area contributed by atoms with Crippen LogP contribution in [0.5, 0.6) is 0 Å². The number of allylic oxidation sites excluding steroid dienone is 2. The lowest BCUT2D eigenvalue weighted by Gasteiger charge is -2.02.